The van der Waals surface area contributed by atoms with Crippen molar-refractivity contribution in [1.82, 2.24) is 0 Å². The molecule has 0 aromatic rings. The molecule has 0 saturated carbocycles. The normalized spacial score (nSPS) is 21.2. The number of hydrogen-bond acceptors (Lipinski definition) is 2. The molecule has 0 N–H and O–H groups in total. The highest BCUT2D eigenvalue weighted by Gasteiger charge is 2.32. The maximum Gasteiger partial charge on any atom is 0.275 e. The zero-order chi connectivity index (χ0) is 21.2. The Morgan fingerprint density at radius 1 is 1.00 bits per heavy atom. The van der Waals surface area contributed by atoms with Crippen molar-refractivity contribution in [2.24, 2.45) is 0 Å². The largest absolute Gasteiger partial charge is 0.347 e. The molecule has 1 aliphatic rings. The van der Waals surface area contributed by atoms with Crippen molar-refractivity contribution >= 4 is 0 Å². The van der Waals surface area contributed by atoms with E-state index in [-0.39, 0.29) is 25.3 Å². The number of hydrogen-bond donors (Lipinski definition) is 0. The van der Waals surface area contributed by atoms with Gasteiger partial charge in [-0.25, -0.2) is 13.2 Å². The Labute approximate surface area is 154 Å². The van der Waals surface area contributed by atoms with Crippen LogP contribution in [0.4, 0.5) is 26.3 Å². The van der Waals surface area contributed by atoms with Crippen LogP contribution in [0.25, 0.3) is 0 Å². The average molecular weight is 398 g/mol. The van der Waals surface area contributed by atoms with Crippen LogP contribution in [-0.4, -0.2) is 51.1 Å². The molecule has 1 rings (SSSR count). The summed E-state index contributed by atoms with van der Waals surface area (Å²) in [6.45, 7) is 7.17. The lowest BCUT2D eigenvalue weighted by molar-refractivity contribution is -0.296. The Morgan fingerprint density at radius 2 is 1.50 bits per heavy atom. The summed E-state index contributed by atoms with van der Waals surface area (Å²) in [6.07, 6.45) is 2.42. The Bertz CT molecular complexity index is 291. The SMILES string of the molecule is CCC1CC(C)OC(C)(C)O1.CCF.CF.FCCCCC(F)(F)CF. The first kappa shape index (κ1) is 30.2. The molecule has 1 fully saturated rings. The molecule has 0 radical (unpaired) electrons. The maximum atomic E-state index is 12.0. The summed E-state index contributed by atoms with van der Waals surface area (Å²) in [5.41, 5.74) is 0. The third-order valence-corrected chi connectivity index (χ3v) is 3.11. The van der Waals surface area contributed by atoms with Gasteiger partial charge in [-0.3, -0.25) is 13.2 Å². The molecular weight excluding hydrogens is 362 g/mol. The summed E-state index contributed by atoms with van der Waals surface area (Å²) in [4.78, 5) is 0. The minimum atomic E-state index is -3.24. The van der Waals surface area contributed by atoms with Crippen molar-refractivity contribution in [3.8, 4) is 0 Å². The summed E-state index contributed by atoms with van der Waals surface area (Å²) >= 11 is 0. The Kier molecular flexibility index (Phi) is 20.8. The molecule has 0 aromatic carbocycles. The van der Waals surface area contributed by atoms with Crippen LogP contribution in [0.5, 0.6) is 0 Å². The summed E-state index contributed by atoms with van der Waals surface area (Å²) in [5, 5.41) is 0. The molecule has 1 aliphatic heterocycles. The molecule has 0 aliphatic carbocycles. The topological polar surface area (TPSA) is 18.5 Å². The molecule has 0 spiro atoms. The van der Waals surface area contributed by atoms with Gasteiger partial charge in [0, 0.05) is 6.42 Å². The first-order valence-corrected chi connectivity index (χ1v) is 8.86. The van der Waals surface area contributed by atoms with Crippen molar-refractivity contribution in [3.63, 3.8) is 0 Å². The second kappa shape index (κ2) is 17.9. The van der Waals surface area contributed by atoms with Crippen molar-refractivity contribution in [2.75, 3.05) is 27.2 Å². The smallest absolute Gasteiger partial charge is 0.275 e. The quantitative estimate of drug-likeness (QED) is 0.370. The van der Waals surface area contributed by atoms with Crippen LogP contribution in [0, 0.1) is 0 Å². The monoisotopic (exact) mass is 398 g/mol. The molecule has 8 heteroatoms. The standard InChI is InChI=1S/C9H18O2.C6H10F4.C2H5F.CH3F/c1-5-8-6-7(2)10-9(3,4)11-8;7-4-2-1-3-6(9,10)5-8;1-2-3;1-2/h7-8H,5-6H2,1-4H3;1-5H2;2H2,1H3;1H3. The van der Waals surface area contributed by atoms with Crippen molar-refractivity contribution in [2.45, 2.75) is 90.6 Å². The van der Waals surface area contributed by atoms with Gasteiger partial charge in [0.2, 0.25) is 0 Å². The van der Waals surface area contributed by atoms with Gasteiger partial charge < -0.3 is 9.47 Å². The van der Waals surface area contributed by atoms with Gasteiger partial charge in [-0.1, -0.05) is 6.92 Å². The molecule has 26 heavy (non-hydrogen) atoms. The van der Waals surface area contributed by atoms with Crippen molar-refractivity contribution < 1.29 is 35.8 Å². The van der Waals surface area contributed by atoms with Crippen LogP contribution in [-0.2, 0) is 9.47 Å². The van der Waals surface area contributed by atoms with Crippen molar-refractivity contribution in [1.29, 1.82) is 0 Å². The van der Waals surface area contributed by atoms with E-state index in [1.807, 2.05) is 13.8 Å². The molecule has 0 amide bonds. The lowest BCUT2D eigenvalue weighted by atomic mass is 10.1. The number of unbranched alkanes of at least 4 members (excludes halogenated alkanes) is 1. The first-order valence-electron chi connectivity index (χ1n) is 8.86. The van der Waals surface area contributed by atoms with E-state index < -0.39 is 25.7 Å². The molecule has 2 nitrogen and oxygen atoms in total. The van der Waals surface area contributed by atoms with Crippen LogP contribution in [0.3, 0.4) is 0 Å². The molecule has 1 heterocycles. The maximum absolute atomic E-state index is 12.0. The van der Waals surface area contributed by atoms with Gasteiger partial charge in [-0.2, -0.15) is 0 Å². The van der Waals surface area contributed by atoms with Crippen molar-refractivity contribution in [3.05, 3.63) is 0 Å². The van der Waals surface area contributed by atoms with E-state index >= 15 is 0 Å². The van der Waals surface area contributed by atoms with E-state index in [4.69, 9.17) is 9.47 Å². The Hall–Kier alpha value is -0.500. The average Bonchev–Trinajstić information content (AvgIpc) is 2.56. The Morgan fingerprint density at radius 3 is 1.85 bits per heavy atom. The van der Waals surface area contributed by atoms with Crippen LogP contribution in [0.15, 0.2) is 0 Å². The summed E-state index contributed by atoms with van der Waals surface area (Å²) in [5.74, 6) is -3.62. The summed E-state index contributed by atoms with van der Waals surface area (Å²) in [6, 6.07) is 0. The fourth-order valence-electron chi connectivity index (χ4n) is 2.18. The third-order valence-electron chi connectivity index (χ3n) is 3.11. The molecular formula is C18H36F6O2. The number of ether oxygens (including phenoxy) is 2. The second-order valence-electron chi connectivity index (χ2n) is 6.12. The van der Waals surface area contributed by atoms with Gasteiger partial charge in [0.15, 0.2) is 12.5 Å². The minimum Gasteiger partial charge on any atom is -0.347 e. The van der Waals surface area contributed by atoms with Gasteiger partial charge in [0.1, 0.15) is 0 Å². The molecule has 162 valence electrons. The van der Waals surface area contributed by atoms with Crippen LogP contribution < -0.4 is 0 Å². The molecule has 1 saturated heterocycles. The third kappa shape index (κ3) is 19.8. The van der Waals surface area contributed by atoms with Gasteiger partial charge in [0.25, 0.3) is 5.92 Å². The highest BCUT2D eigenvalue weighted by atomic mass is 19.3. The first-order chi connectivity index (χ1) is 12.1. The number of alkyl halides is 6. The van der Waals surface area contributed by atoms with E-state index in [1.54, 1.807) is 0 Å². The second-order valence-corrected chi connectivity index (χ2v) is 6.12. The fraction of sp³-hybridized carbons (Fsp3) is 1.00. The van der Waals surface area contributed by atoms with E-state index in [1.165, 1.54) is 6.92 Å². The molecule has 0 aromatic heterocycles. The van der Waals surface area contributed by atoms with E-state index in [2.05, 4.69) is 13.8 Å². The predicted octanol–water partition coefficient (Wildman–Crippen LogP) is 6.62. The zero-order valence-corrected chi connectivity index (χ0v) is 16.9. The van der Waals surface area contributed by atoms with E-state index in [0.717, 1.165) is 12.8 Å². The molecule has 0 bridgehead atoms. The van der Waals surface area contributed by atoms with E-state index in [0.29, 0.717) is 19.4 Å². The predicted molar refractivity (Wildman–Crippen MR) is 93.8 cm³/mol. The number of halogens is 6. The summed E-state index contributed by atoms with van der Waals surface area (Å²) in [7, 11) is 0.500. The van der Waals surface area contributed by atoms with Gasteiger partial charge in [0.05, 0.1) is 32.7 Å². The van der Waals surface area contributed by atoms with Gasteiger partial charge in [-0.15, -0.1) is 0 Å². The highest BCUT2D eigenvalue weighted by Crippen LogP contribution is 2.27. The van der Waals surface area contributed by atoms with Crippen LogP contribution in [0.2, 0.25) is 0 Å². The number of rotatable bonds is 6. The Balaban J connectivity index is -0.000000328. The summed E-state index contributed by atoms with van der Waals surface area (Å²) < 4.78 is 77.7. The van der Waals surface area contributed by atoms with Gasteiger partial charge in [-0.05, 0) is 53.4 Å². The minimum absolute atomic E-state index is 0.0490. The van der Waals surface area contributed by atoms with Crippen LogP contribution >= 0.6 is 0 Å². The highest BCUT2D eigenvalue weighted by molar-refractivity contribution is 4.72. The van der Waals surface area contributed by atoms with Gasteiger partial charge >= 0.3 is 0 Å². The molecule has 2 unspecified atom stereocenters. The van der Waals surface area contributed by atoms with E-state index in [9.17, 15) is 26.3 Å². The lowest BCUT2D eigenvalue weighted by Gasteiger charge is -2.39. The van der Waals surface area contributed by atoms with Crippen LogP contribution in [0.1, 0.15) is 66.7 Å². The lowest BCUT2D eigenvalue weighted by Crippen LogP contribution is -2.43. The fourth-order valence-corrected chi connectivity index (χ4v) is 2.18. The molecule has 2 atom stereocenters. The zero-order valence-electron chi connectivity index (χ0n) is 16.9.